The van der Waals surface area contributed by atoms with Gasteiger partial charge in [0.05, 0.1) is 5.56 Å². The number of aromatic nitrogens is 1. The second kappa shape index (κ2) is 6.89. The lowest BCUT2D eigenvalue weighted by atomic mass is 10.3. The maximum absolute atomic E-state index is 11.6. The minimum atomic E-state index is -0.303. The second-order valence-corrected chi connectivity index (χ2v) is 4.73. The van der Waals surface area contributed by atoms with Crippen LogP contribution < -0.4 is 5.32 Å². The Hall–Kier alpha value is -1.71. The highest BCUT2D eigenvalue weighted by Crippen LogP contribution is 2.16. The molecule has 1 aromatic heterocycles. The second-order valence-electron chi connectivity index (χ2n) is 3.82. The number of carbonyl (C=O) groups is 1. The molecule has 0 unspecified atom stereocenters. The van der Waals surface area contributed by atoms with Gasteiger partial charge in [-0.15, -0.1) is 0 Å². The Morgan fingerprint density at radius 1 is 1.67 bits per heavy atom. The van der Waals surface area contributed by atoms with Gasteiger partial charge in [-0.3, -0.25) is 4.79 Å². The fraction of sp³-hybridized carbons (Fsp3) is 0.250. The monoisotopic (exact) mass is 308 g/mol. The summed E-state index contributed by atoms with van der Waals surface area (Å²) in [5.41, 5.74) is 0.318. The molecule has 6 heteroatoms. The van der Waals surface area contributed by atoms with Crippen LogP contribution >= 0.6 is 15.9 Å². The molecule has 0 aliphatic rings. The lowest BCUT2D eigenvalue weighted by Crippen LogP contribution is -2.14. The summed E-state index contributed by atoms with van der Waals surface area (Å²) in [5.74, 6) is -0.0385. The summed E-state index contributed by atoms with van der Waals surface area (Å²) in [6.07, 6.45) is 4.69. The summed E-state index contributed by atoms with van der Waals surface area (Å²) in [5, 5.41) is 11.5. The molecule has 0 spiro atoms. The van der Waals surface area contributed by atoms with Crippen molar-refractivity contribution in [1.29, 1.82) is 5.26 Å². The van der Waals surface area contributed by atoms with Crippen molar-refractivity contribution in [3.05, 3.63) is 34.5 Å². The molecule has 0 saturated carbocycles. The summed E-state index contributed by atoms with van der Waals surface area (Å²) in [6, 6.07) is 3.58. The van der Waals surface area contributed by atoms with Crippen molar-refractivity contribution in [2.24, 2.45) is 0 Å². The first-order chi connectivity index (χ1) is 8.52. The molecule has 5 nitrogen and oxygen atoms in total. The summed E-state index contributed by atoms with van der Waals surface area (Å²) in [7, 11) is 3.82. The van der Waals surface area contributed by atoms with Crippen LogP contribution in [0.2, 0.25) is 0 Å². The first-order valence-corrected chi connectivity index (χ1v) is 6.00. The molecule has 1 amide bonds. The van der Waals surface area contributed by atoms with Crippen LogP contribution in [-0.4, -0.2) is 36.4 Å². The van der Waals surface area contributed by atoms with Gasteiger partial charge in [0.15, 0.2) is 5.82 Å². The minimum absolute atomic E-state index is 0.264. The van der Waals surface area contributed by atoms with E-state index >= 15 is 0 Å². The highest BCUT2D eigenvalue weighted by atomic mass is 79.9. The molecule has 0 radical (unpaired) electrons. The number of halogens is 1. The van der Waals surface area contributed by atoms with Crippen LogP contribution in [0.4, 0.5) is 5.82 Å². The van der Waals surface area contributed by atoms with Crippen molar-refractivity contribution in [3.63, 3.8) is 0 Å². The zero-order chi connectivity index (χ0) is 13.5. The van der Waals surface area contributed by atoms with E-state index in [0.717, 1.165) is 0 Å². The van der Waals surface area contributed by atoms with E-state index in [1.165, 1.54) is 12.3 Å². The van der Waals surface area contributed by atoms with E-state index in [2.05, 4.69) is 26.2 Å². The normalized spacial score (nSPS) is 10.6. The molecule has 0 aliphatic heterocycles. The van der Waals surface area contributed by atoms with Gasteiger partial charge in [-0.1, -0.05) is 6.08 Å². The molecule has 1 rings (SSSR count). The number of nitriles is 1. The molecule has 0 atom stereocenters. The van der Waals surface area contributed by atoms with Gasteiger partial charge in [0.1, 0.15) is 6.07 Å². The number of pyridine rings is 1. The molecule has 0 aromatic carbocycles. The highest BCUT2D eigenvalue weighted by Gasteiger charge is 2.06. The zero-order valence-corrected chi connectivity index (χ0v) is 11.7. The molecule has 0 aliphatic carbocycles. The average Bonchev–Trinajstić information content (AvgIpc) is 2.31. The zero-order valence-electron chi connectivity index (χ0n) is 10.1. The molecule has 0 bridgehead atoms. The molecular weight excluding hydrogens is 296 g/mol. The third-order valence-corrected chi connectivity index (χ3v) is 2.39. The smallest absolute Gasteiger partial charge is 0.249 e. The summed E-state index contributed by atoms with van der Waals surface area (Å²) in [6.45, 7) is 0.673. The van der Waals surface area contributed by atoms with E-state index in [4.69, 9.17) is 5.26 Å². The van der Waals surface area contributed by atoms with Crippen LogP contribution in [0.5, 0.6) is 0 Å². The van der Waals surface area contributed by atoms with Crippen LogP contribution in [0.3, 0.4) is 0 Å². The fourth-order valence-corrected chi connectivity index (χ4v) is 1.48. The SMILES string of the molecule is CN(C)C/C=C/C(=O)Nc1ncc(Br)cc1C#N. The largest absolute Gasteiger partial charge is 0.306 e. The van der Waals surface area contributed by atoms with Crippen molar-refractivity contribution in [1.82, 2.24) is 9.88 Å². The van der Waals surface area contributed by atoms with Crippen LogP contribution in [0.25, 0.3) is 0 Å². The first kappa shape index (κ1) is 14.4. The Bertz CT molecular complexity index is 505. The number of carbonyl (C=O) groups excluding carboxylic acids is 1. The number of likely N-dealkylation sites (N-methyl/N-ethyl adjacent to an activating group) is 1. The highest BCUT2D eigenvalue weighted by molar-refractivity contribution is 9.10. The van der Waals surface area contributed by atoms with Gasteiger partial charge in [0.25, 0.3) is 0 Å². The Balaban J connectivity index is 2.71. The van der Waals surface area contributed by atoms with E-state index in [1.54, 1.807) is 12.1 Å². The molecule has 1 N–H and O–H groups in total. The minimum Gasteiger partial charge on any atom is -0.306 e. The predicted molar refractivity (Wildman–Crippen MR) is 73.0 cm³/mol. The average molecular weight is 309 g/mol. The van der Waals surface area contributed by atoms with Crippen LogP contribution in [0, 0.1) is 11.3 Å². The molecule has 0 saturated heterocycles. The predicted octanol–water partition coefficient (Wildman–Crippen LogP) is 1.77. The van der Waals surface area contributed by atoms with Crippen LogP contribution in [0.1, 0.15) is 5.56 Å². The maximum Gasteiger partial charge on any atom is 0.249 e. The summed E-state index contributed by atoms with van der Waals surface area (Å²) < 4.78 is 0.695. The summed E-state index contributed by atoms with van der Waals surface area (Å²) >= 11 is 3.22. The fourth-order valence-electron chi connectivity index (χ4n) is 1.15. The third-order valence-electron chi connectivity index (χ3n) is 1.96. The third kappa shape index (κ3) is 4.65. The number of anilines is 1. The molecular formula is C12H13BrN4O. The Kier molecular flexibility index (Phi) is 5.49. The van der Waals surface area contributed by atoms with Gasteiger partial charge in [0.2, 0.25) is 5.91 Å². The Morgan fingerprint density at radius 2 is 2.39 bits per heavy atom. The van der Waals surface area contributed by atoms with Crippen molar-refractivity contribution in [3.8, 4) is 6.07 Å². The Labute approximate surface area is 114 Å². The van der Waals surface area contributed by atoms with Gasteiger partial charge in [-0.2, -0.15) is 5.26 Å². The van der Waals surface area contributed by atoms with Gasteiger partial charge in [0, 0.05) is 23.3 Å². The van der Waals surface area contributed by atoms with Crippen LogP contribution in [-0.2, 0) is 4.79 Å². The lowest BCUT2D eigenvalue weighted by molar-refractivity contribution is -0.111. The number of nitrogens with one attached hydrogen (secondary N) is 1. The van der Waals surface area contributed by atoms with Crippen molar-refractivity contribution in [2.45, 2.75) is 0 Å². The van der Waals surface area contributed by atoms with Crippen molar-refractivity contribution >= 4 is 27.7 Å². The topological polar surface area (TPSA) is 69.0 Å². The van der Waals surface area contributed by atoms with Gasteiger partial charge in [-0.05, 0) is 36.1 Å². The quantitative estimate of drug-likeness (QED) is 0.861. The van der Waals surface area contributed by atoms with Gasteiger partial charge < -0.3 is 10.2 Å². The van der Waals surface area contributed by atoms with Crippen molar-refractivity contribution in [2.75, 3.05) is 26.0 Å². The molecule has 0 fully saturated rings. The number of hydrogen-bond donors (Lipinski definition) is 1. The maximum atomic E-state index is 11.6. The van der Waals surface area contributed by atoms with E-state index in [1.807, 2.05) is 25.1 Å². The van der Waals surface area contributed by atoms with Gasteiger partial charge >= 0.3 is 0 Å². The van der Waals surface area contributed by atoms with E-state index in [9.17, 15) is 4.79 Å². The number of nitrogens with zero attached hydrogens (tertiary/aromatic N) is 3. The number of amides is 1. The van der Waals surface area contributed by atoms with Crippen molar-refractivity contribution < 1.29 is 4.79 Å². The lowest BCUT2D eigenvalue weighted by Gasteiger charge is -2.05. The van der Waals surface area contributed by atoms with E-state index in [0.29, 0.717) is 16.6 Å². The van der Waals surface area contributed by atoms with Gasteiger partial charge in [-0.25, -0.2) is 4.98 Å². The molecule has 94 valence electrons. The Morgan fingerprint density at radius 3 is 3.00 bits per heavy atom. The number of rotatable bonds is 4. The molecule has 1 heterocycles. The standard InChI is InChI=1S/C12H13BrN4O/c1-17(2)5-3-4-11(18)16-12-9(7-14)6-10(13)8-15-12/h3-4,6,8H,5H2,1-2H3,(H,15,16,18)/b4-3+. The number of hydrogen-bond acceptors (Lipinski definition) is 4. The molecule has 1 aromatic rings. The summed E-state index contributed by atoms with van der Waals surface area (Å²) in [4.78, 5) is 17.5. The van der Waals surface area contributed by atoms with E-state index < -0.39 is 0 Å². The molecule has 18 heavy (non-hydrogen) atoms. The first-order valence-electron chi connectivity index (χ1n) is 5.21. The van der Waals surface area contributed by atoms with Crippen LogP contribution in [0.15, 0.2) is 28.9 Å². The van der Waals surface area contributed by atoms with E-state index in [-0.39, 0.29) is 11.7 Å².